The van der Waals surface area contributed by atoms with E-state index in [-0.39, 0.29) is 12.5 Å². The molecule has 0 saturated carbocycles. The van der Waals surface area contributed by atoms with Crippen LogP contribution >= 0.6 is 15.9 Å². The summed E-state index contributed by atoms with van der Waals surface area (Å²) in [4.78, 5) is 24.1. The van der Waals surface area contributed by atoms with E-state index < -0.39 is 12.0 Å². The van der Waals surface area contributed by atoms with Crippen molar-refractivity contribution in [1.29, 1.82) is 0 Å². The van der Waals surface area contributed by atoms with Gasteiger partial charge in [-0.25, -0.2) is 0 Å². The van der Waals surface area contributed by atoms with E-state index in [4.69, 9.17) is 5.11 Å². The van der Waals surface area contributed by atoms with Crippen molar-refractivity contribution in [2.45, 2.75) is 19.9 Å². The molecule has 0 aliphatic heterocycles. The number of nitrogens with zero attached hydrogens (tertiary/aromatic N) is 1. The highest BCUT2D eigenvalue weighted by Crippen LogP contribution is 2.23. The topological polar surface area (TPSA) is 69.6 Å². The number of carbonyl (C=O) groups is 2. The van der Waals surface area contributed by atoms with Crippen LogP contribution in [0.4, 0.5) is 5.69 Å². The summed E-state index contributed by atoms with van der Waals surface area (Å²) >= 11 is 3.37. The molecule has 1 amide bonds. The quantitative estimate of drug-likeness (QED) is 0.868. The fourth-order valence-corrected chi connectivity index (χ4v) is 2.06. The monoisotopic (exact) mass is 328 g/mol. The lowest BCUT2D eigenvalue weighted by molar-refractivity contribution is -0.142. The Morgan fingerprint density at radius 2 is 2.11 bits per heavy atom. The van der Waals surface area contributed by atoms with Crippen molar-refractivity contribution in [3.8, 4) is 0 Å². The van der Waals surface area contributed by atoms with Crippen molar-refractivity contribution in [2.75, 3.05) is 18.9 Å². The molecule has 1 atom stereocenters. The van der Waals surface area contributed by atoms with Crippen LogP contribution in [-0.4, -0.2) is 41.5 Å². The van der Waals surface area contributed by atoms with Gasteiger partial charge in [-0.3, -0.25) is 14.5 Å². The summed E-state index contributed by atoms with van der Waals surface area (Å²) < 4.78 is 0.801. The summed E-state index contributed by atoms with van der Waals surface area (Å²) in [5, 5.41) is 11.6. The van der Waals surface area contributed by atoms with E-state index in [9.17, 15) is 9.59 Å². The number of amides is 1. The summed E-state index contributed by atoms with van der Waals surface area (Å²) in [5.41, 5.74) is 1.76. The van der Waals surface area contributed by atoms with Crippen LogP contribution < -0.4 is 5.32 Å². The highest BCUT2D eigenvalue weighted by Gasteiger charge is 2.19. The lowest BCUT2D eigenvalue weighted by atomic mass is 10.2. The maximum absolute atomic E-state index is 11.8. The molecule has 1 aromatic carbocycles. The number of likely N-dealkylation sites (N-methyl/N-ethyl adjacent to an activating group) is 1. The molecule has 1 rings (SSSR count). The first-order valence-electron chi connectivity index (χ1n) is 5.80. The van der Waals surface area contributed by atoms with E-state index in [1.165, 1.54) is 11.8 Å². The zero-order chi connectivity index (χ0) is 14.6. The smallest absolute Gasteiger partial charge is 0.320 e. The molecule has 0 spiro atoms. The van der Waals surface area contributed by atoms with Crippen LogP contribution in [0, 0.1) is 6.92 Å². The summed E-state index contributed by atoms with van der Waals surface area (Å²) in [6.07, 6.45) is 0. The Bertz CT molecular complexity index is 491. The van der Waals surface area contributed by atoms with Gasteiger partial charge in [0.25, 0.3) is 0 Å². The number of hydrogen-bond donors (Lipinski definition) is 2. The highest BCUT2D eigenvalue weighted by molar-refractivity contribution is 9.10. The van der Waals surface area contributed by atoms with Crippen LogP contribution in [0.15, 0.2) is 22.7 Å². The molecular formula is C13H17BrN2O3. The van der Waals surface area contributed by atoms with Gasteiger partial charge in [0.15, 0.2) is 0 Å². The minimum atomic E-state index is -0.952. The first-order chi connectivity index (χ1) is 8.81. The second-order valence-corrected chi connectivity index (χ2v) is 5.32. The van der Waals surface area contributed by atoms with Crippen molar-refractivity contribution >= 4 is 33.5 Å². The molecule has 19 heavy (non-hydrogen) atoms. The van der Waals surface area contributed by atoms with Gasteiger partial charge in [-0.15, -0.1) is 0 Å². The second-order valence-electron chi connectivity index (χ2n) is 4.46. The zero-order valence-corrected chi connectivity index (χ0v) is 12.7. The summed E-state index contributed by atoms with van der Waals surface area (Å²) in [6, 6.07) is 4.90. The number of rotatable bonds is 5. The Hall–Kier alpha value is -1.40. The lowest BCUT2D eigenvalue weighted by Crippen LogP contribution is -2.40. The number of aliphatic carboxylic acids is 1. The number of carboxylic acids is 1. The molecule has 0 aromatic heterocycles. The van der Waals surface area contributed by atoms with Crippen molar-refractivity contribution in [2.24, 2.45) is 0 Å². The molecule has 0 bridgehead atoms. The van der Waals surface area contributed by atoms with E-state index in [2.05, 4.69) is 21.2 Å². The molecule has 6 heteroatoms. The molecule has 0 saturated heterocycles. The molecule has 5 nitrogen and oxygen atoms in total. The second kappa shape index (κ2) is 6.68. The van der Waals surface area contributed by atoms with Gasteiger partial charge >= 0.3 is 5.97 Å². The standard InChI is InChI=1S/C13H17BrN2O3/c1-8-4-5-11(10(14)6-8)15-12(17)7-16(3)9(2)13(18)19/h4-6,9H,7H2,1-3H3,(H,15,17)(H,18,19). The van der Waals surface area contributed by atoms with E-state index >= 15 is 0 Å². The third-order valence-corrected chi connectivity index (χ3v) is 3.47. The number of hydrogen-bond acceptors (Lipinski definition) is 3. The zero-order valence-electron chi connectivity index (χ0n) is 11.1. The first-order valence-corrected chi connectivity index (χ1v) is 6.59. The van der Waals surface area contributed by atoms with Crippen LogP contribution in [0.2, 0.25) is 0 Å². The van der Waals surface area contributed by atoms with Crippen LogP contribution in [0.5, 0.6) is 0 Å². The van der Waals surface area contributed by atoms with Crippen molar-refractivity contribution < 1.29 is 14.7 Å². The number of aryl methyl sites for hydroxylation is 1. The fraction of sp³-hybridized carbons (Fsp3) is 0.385. The predicted octanol–water partition coefficient (Wildman–Crippen LogP) is 2.10. The molecule has 0 radical (unpaired) electrons. The summed E-state index contributed by atoms with van der Waals surface area (Å²) in [6.45, 7) is 3.52. The molecule has 1 unspecified atom stereocenters. The average molecular weight is 329 g/mol. The summed E-state index contributed by atoms with van der Waals surface area (Å²) in [5.74, 6) is -1.20. The van der Waals surface area contributed by atoms with E-state index in [0.29, 0.717) is 5.69 Å². The van der Waals surface area contributed by atoms with Crippen molar-refractivity contribution in [3.05, 3.63) is 28.2 Å². The Balaban J connectivity index is 2.63. The third-order valence-electron chi connectivity index (χ3n) is 2.81. The number of anilines is 1. The number of halogens is 1. The molecule has 0 fully saturated rings. The maximum Gasteiger partial charge on any atom is 0.320 e. The van der Waals surface area contributed by atoms with Gasteiger partial charge in [0.1, 0.15) is 6.04 Å². The average Bonchev–Trinajstić information content (AvgIpc) is 2.31. The van der Waals surface area contributed by atoms with Crippen molar-refractivity contribution in [1.82, 2.24) is 4.90 Å². The van der Waals surface area contributed by atoms with Gasteiger partial charge in [-0.2, -0.15) is 0 Å². The van der Waals surface area contributed by atoms with Gasteiger partial charge in [0, 0.05) is 4.47 Å². The molecule has 0 aliphatic rings. The first kappa shape index (κ1) is 15.7. The number of carbonyl (C=O) groups excluding carboxylic acids is 1. The molecule has 104 valence electrons. The van der Waals surface area contributed by atoms with Gasteiger partial charge in [-0.1, -0.05) is 6.07 Å². The maximum atomic E-state index is 11.8. The lowest BCUT2D eigenvalue weighted by Gasteiger charge is -2.20. The van der Waals surface area contributed by atoms with Crippen LogP contribution in [-0.2, 0) is 9.59 Å². The molecule has 1 aromatic rings. The predicted molar refractivity (Wildman–Crippen MR) is 77.2 cm³/mol. The van der Waals surface area contributed by atoms with Crippen molar-refractivity contribution in [3.63, 3.8) is 0 Å². The minimum absolute atomic E-state index is 0.0216. The Kier molecular flexibility index (Phi) is 5.50. The highest BCUT2D eigenvalue weighted by atomic mass is 79.9. The Morgan fingerprint density at radius 1 is 1.47 bits per heavy atom. The van der Waals surface area contributed by atoms with E-state index in [1.807, 2.05) is 19.1 Å². The van der Waals surface area contributed by atoms with Gasteiger partial charge in [0.2, 0.25) is 5.91 Å². The van der Waals surface area contributed by atoms with E-state index in [1.54, 1.807) is 13.1 Å². The molecular weight excluding hydrogens is 312 g/mol. The number of carboxylic acid groups (broad SMARTS) is 1. The van der Waals surface area contributed by atoms with Gasteiger partial charge < -0.3 is 10.4 Å². The number of nitrogens with one attached hydrogen (secondary N) is 1. The van der Waals surface area contributed by atoms with Gasteiger partial charge in [-0.05, 0) is 54.5 Å². The fourth-order valence-electron chi connectivity index (χ4n) is 1.46. The Labute approximate surface area is 120 Å². The van der Waals surface area contributed by atoms with Gasteiger partial charge in [0.05, 0.1) is 12.2 Å². The van der Waals surface area contributed by atoms with Crippen LogP contribution in [0.3, 0.4) is 0 Å². The minimum Gasteiger partial charge on any atom is -0.480 e. The summed E-state index contributed by atoms with van der Waals surface area (Å²) in [7, 11) is 1.60. The molecule has 2 N–H and O–H groups in total. The normalized spacial score (nSPS) is 12.3. The van der Waals surface area contributed by atoms with E-state index in [0.717, 1.165) is 10.0 Å². The Morgan fingerprint density at radius 3 is 2.63 bits per heavy atom. The number of benzene rings is 1. The molecule has 0 heterocycles. The SMILES string of the molecule is Cc1ccc(NC(=O)CN(C)C(C)C(=O)O)c(Br)c1. The molecule has 0 aliphatic carbocycles. The largest absolute Gasteiger partial charge is 0.480 e. The van der Waals surface area contributed by atoms with Crippen LogP contribution in [0.1, 0.15) is 12.5 Å². The third kappa shape index (κ3) is 4.65. The van der Waals surface area contributed by atoms with Crippen LogP contribution in [0.25, 0.3) is 0 Å².